The van der Waals surface area contributed by atoms with Gasteiger partial charge in [-0.2, -0.15) is 0 Å². The third kappa shape index (κ3) is 5.33. The third-order valence-corrected chi connectivity index (χ3v) is 3.02. The molecule has 5 atom stereocenters. The predicted molar refractivity (Wildman–Crippen MR) is 76.5 cm³/mol. The lowest BCUT2D eigenvalue weighted by Gasteiger charge is -2.42. The zero-order chi connectivity index (χ0) is 19.1. The van der Waals surface area contributed by atoms with Crippen molar-refractivity contribution in [2.24, 2.45) is 5.11 Å². The van der Waals surface area contributed by atoms with Crippen LogP contribution in [0.5, 0.6) is 0 Å². The molecule has 12 heteroatoms. The highest BCUT2D eigenvalue weighted by molar-refractivity contribution is 5.77. The summed E-state index contributed by atoms with van der Waals surface area (Å²) in [7, 11) is 1.05. The Morgan fingerprint density at radius 2 is 1.40 bits per heavy atom. The number of methoxy groups -OCH3 is 1. The Bertz CT molecular complexity index is 602. The van der Waals surface area contributed by atoms with Crippen LogP contribution < -0.4 is 0 Å². The Kier molecular flexibility index (Phi) is 7.15. The first-order chi connectivity index (χ1) is 11.7. The van der Waals surface area contributed by atoms with E-state index < -0.39 is 54.5 Å². The van der Waals surface area contributed by atoms with Crippen molar-refractivity contribution in [1.29, 1.82) is 0 Å². The Labute approximate surface area is 141 Å². The number of hydrogen-bond acceptors (Lipinski definition) is 10. The Morgan fingerprint density at radius 3 is 1.84 bits per heavy atom. The van der Waals surface area contributed by atoms with E-state index in [2.05, 4.69) is 14.8 Å². The van der Waals surface area contributed by atoms with Gasteiger partial charge < -0.3 is 23.7 Å². The molecule has 12 nitrogen and oxygen atoms in total. The van der Waals surface area contributed by atoms with Crippen molar-refractivity contribution in [2.75, 3.05) is 7.11 Å². The molecule has 0 aromatic carbocycles. The van der Waals surface area contributed by atoms with Gasteiger partial charge >= 0.3 is 23.9 Å². The summed E-state index contributed by atoms with van der Waals surface area (Å²) in [5.41, 5.74) is 8.66. The second-order valence-corrected chi connectivity index (χ2v) is 4.90. The van der Waals surface area contributed by atoms with E-state index in [1.165, 1.54) is 0 Å². The topological polar surface area (TPSA) is 163 Å². The predicted octanol–water partition coefficient (Wildman–Crippen LogP) is -0.0103. The van der Waals surface area contributed by atoms with E-state index in [9.17, 15) is 19.2 Å². The van der Waals surface area contributed by atoms with E-state index in [1.54, 1.807) is 0 Å². The summed E-state index contributed by atoms with van der Waals surface area (Å²) < 4.78 is 24.9. The van der Waals surface area contributed by atoms with Crippen molar-refractivity contribution < 1.29 is 42.9 Å². The van der Waals surface area contributed by atoms with Crippen LogP contribution in [0.4, 0.5) is 0 Å². The molecular weight excluding hydrogens is 342 g/mol. The molecule has 0 aliphatic carbocycles. The minimum atomic E-state index is -1.57. The summed E-state index contributed by atoms with van der Waals surface area (Å²) in [4.78, 5) is 48.6. The van der Waals surface area contributed by atoms with E-state index in [4.69, 9.17) is 24.5 Å². The minimum Gasteiger partial charge on any atom is -0.467 e. The van der Waals surface area contributed by atoms with Crippen LogP contribution in [0.25, 0.3) is 10.4 Å². The molecule has 1 saturated heterocycles. The third-order valence-electron chi connectivity index (χ3n) is 3.02. The molecule has 0 spiro atoms. The normalized spacial score (nSPS) is 28.1. The molecule has 3 unspecified atom stereocenters. The highest BCUT2D eigenvalue weighted by Gasteiger charge is 2.54. The lowest BCUT2D eigenvalue weighted by atomic mass is 9.97. The van der Waals surface area contributed by atoms with Gasteiger partial charge in [-0.05, 0) is 5.53 Å². The van der Waals surface area contributed by atoms with Gasteiger partial charge in [0.25, 0.3) is 0 Å². The summed E-state index contributed by atoms with van der Waals surface area (Å²) in [6.07, 6.45) is -7.47. The number of carbonyl (C=O) groups excluding carboxylic acids is 4. The highest BCUT2D eigenvalue weighted by Crippen LogP contribution is 2.30. The largest absolute Gasteiger partial charge is 0.467 e. The Balaban J connectivity index is 3.38. The van der Waals surface area contributed by atoms with Crippen LogP contribution in [0.3, 0.4) is 0 Å². The lowest BCUT2D eigenvalue weighted by molar-refractivity contribution is -0.247. The number of rotatable bonds is 5. The molecule has 0 aromatic heterocycles. The molecule has 0 saturated carbocycles. The van der Waals surface area contributed by atoms with Crippen LogP contribution in [-0.4, -0.2) is 61.6 Å². The molecule has 25 heavy (non-hydrogen) atoms. The lowest BCUT2D eigenvalue weighted by Crippen LogP contribution is -2.62. The standard InChI is InChI=1S/C13H17N3O9/c1-5(17)22-8-9(23-6(2)18)11(13(20)21-4)25-12(15-16-14)10(8)24-7(3)19/h8-12H,1-4H3/t8?,9?,10?,11-,12-/m0/s1. The van der Waals surface area contributed by atoms with Crippen molar-refractivity contribution in [3.63, 3.8) is 0 Å². The van der Waals surface area contributed by atoms with Gasteiger partial charge in [0, 0.05) is 25.7 Å². The van der Waals surface area contributed by atoms with Crippen LogP contribution in [0.1, 0.15) is 20.8 Å². The summed E-state index contributed by atoms with van der Waals surface area (Å²) in [5, 5.41) is 3.30. The van der Waals surface area contributed by atoms with Crippen molar-refractivity contribution in [1.82, 2.24) is 0 Å². The Hall–Kier alpha value is -2.85. The van der Waals surface area contributed by atoms with Crippen LogP contribution in [0.15, 0.2) is 5.11 Å². The van der Waals surface area contributed by atoms with Crippen molar-refractivity contribution in [3.05, 3.63) is 10.4 Å². The van der Waals surface area contributed by atoms with Gasteiger partial charge in [-0.25, -0.2) is 4.79 Å². The number of carbonyl (C=O) groups is 4. The van der Waals surface area contributed by atoms with Crippen LogP contribution in [0.2, 0.25) is 0 Å². The molecule has 0 aromatic rings. The van der Waals surface area contributed by atoms with Gasteiger partial charge in [-0.1, -0.05) is 5.11 Å². The van der Waals surface area contributed by atoms with E-state index in [1.807, 2.05) is 0 Å². The van der Waals surface area contributed by atoms with Crippen LogP contribution in [-0.2, 0) is 42.9 Å². The minimum absolute atomic E-state index is 0.804. The van der Waals surface area contributed by atoms with Crippen LogP contribution in [0, 0.1) is 0 Å². The van der Waals surface area contributed by atoms with Gasteiger partial charge in [0.2, 0.25) is 0 Å². The van der Waals surface area contributed by atoms with Gasteiger partial charge in [0.05, 0.1) is 7.11 Å². The second-order valence-electron chi connectivity index (χ2n) is 4.90. The van der Waals surface area contributed by atoms with E-state index >= 15 is 0 Å². The number of nitrogens with zero attached hydrogens (tertiary/aromatic N) is 3. The molecule has 1 aliphatic rings. The van der Waals surface area contributed by atoms with Crippen molar-refractivity contribution in [3.8, 4) is 0 Å². The van der Waals surface area contributed by atoms with Crippen molar-refractivity contribution >= 4 is 23.9 Å². The highest BCUT2D eigenvalue weighted by atomic mass is 16.7. The van der Waals surface area contributed by atoms with Gasteiger partial charge in [-0.3, -0.25) is 14.4 Å². The molecule has 1 heterocycles. The van der Waals surface area contributed by atoms with Crippen LogP contribution >= 0.6 is 0 Å². The molecule has 0 N–H and O–H groups in total. The average molecular weight is 359 g/mol. The monoisotopic (exact) mass is 359 g/mol. The average Bonchev–Trinajstić information content (AvgIpc) is 2.50. The summed E-state index contributed by atoms with van der Waals surface area (Å²) in [6, 6.07) is 0. The number of azide groups is 1. The maximum absolute atomic E-state index is 11.9. The molecule has 0 bridgehead atoms. The van der Waals surface area contributed by atoms with E-state index in [-0.39, 0.29) is 0 Å². The fourth-order valence-electron chi connectivity index (χ4n) is 2.24. The zero-order valence-electron chi connectivity index (χ0n) is 13.9. The first-order valence-electron chi connectivity index (χ1n) is 7.00. The molecule has 138 valence electrons. The zero-order valence-corrected chi connectivity index (χ0v) is 13.9. The Morgan fingerprint density at radius 1 is 0.920 bits per heavy atom. The van der Waals surface area contributed by atoms with Crippen molar-refractivity contribution in [2.45, 2.75) is 51.4 Å². The number of ether oxygens (including phenoxy) is 5. The second kappa shape index (κ2) is 8.85. The SMILES string of the molecule is COC(=O)[C@H]1O[C@H](N=[N+]=[N-])C(OC(C)=O)C(OC(C)=O)C1OC(C)=O. The maximum Gasteiger partial charge on any atom is 0.339 e. The molecule has 1 rings (SSSR count). The number of esters is 4. The summed E-state index contributed by atoms with van der Waals surface area (Å²) in [5.74, 6) is -3.40. The maximum atomic E-state index is 11.9. The van der Waals surface area contributed by atoms with Gasteiger partial charge in [-0.15, -0.1) is 0 Å². The first-order valence-corrected chi connectivity index (χ1v) is 7.00. The summed E-state index contributed by atoms with van der Waals surface area (Å²) in [6.45, 7) is 3.17. The van der Waals surface area contributed by atoms with Gasteiger partial charge in [0.15, 0.2) is 30.6 Å². The van der Waals surface area contributed by atoms with Gasteiger partial charge in [0.1, 0.15) is 0 Å². The quantitative estimate of drug-likeness (QED) is 0.216. The van der Waals surface area contributed by atoms with E-state index in [0.717, 1.165) is 27.9 Å². The molecule has 0 amide bonds. The van der Waals surface area contributed by atoms with E-state index in [0.29, 0.717) is 0 Å². The molecule has 1 aliphatic heterocycles. The smallest absolute Gasteiger partial charge is 0.339 e. The molecule has 1 fully saturated rings. The number of hydrogen-bond donors (Lipinski definition) is 0. The molecular formula is C13H17N3O9. The summed E-state index contributed by atoms with van der Waals surface area (Å²) >= 11 is 0. The fourth-order valence-corrected chi connectivity index (χ4v) is 2.24. The fraction of sp³-hybridized carbons (Fsp3) is 0.692. The molecule has 0 radical (unpaired) electrons. The first kappa shape index (κ1) is 20.2.